The van der Waals surface area contributed by atoms with Crippen LogP contribution in [0.25, 0.3) is 6.08 Å². The first-order chi connectivity index (χ1) is 5.95. The molecule has 1 saturated heterocycles. The van der Waals surface area contributed by atoms with E-state index in [1.54, 1.807) is 0 Å². The highest BCUT2D eigenvalue weighted by molar-refractivity contribution is 5.49. The summed E-state index contributed by atoms with van der Waals surface area (Å²) in [5.74, 6) is 0. The lowest BCUT2D eigenvalue weighted by atomic mass is 10.2. The van der Waals surface area contributed by atoms with E-state index in [9.17, 15) is 0 Å². The first-order valence-electron chi connectivity index (χ1n) is 4.26. The number of hydrogen-bond donors (Lipinski definition) is 1. The van der Waals surface area contributed by atoms with Crippen LogP contribution in [0.1, 0.15) is 12.1 Å². The van der Waals surface area contributed by atoms with Crippen molar-refractivity contribution in [3.05, 3.63) is 35.7 Å². The maximum atomic E-state index is 4.24. The SMILES string of the molecule is C(=C1\CCNC1)/c1ccccn1. The molecule has 1 aromatic rings. The van der Waals surface area contributed by atoms with E-state index in [0.717, 1.165) is 25.2 Å². The zero-order chi connectivity index (χ0) is 8.23. The fourth-order valence-corrected chi connectivity index (χ4v) is 1.38. The van der Waals surface area contributed by atoms with Crippen molar-refractivity contribution in [3.63, 3.8) is 0 Å². The Bertz CT molecular complexity index is 269. The van der Waals surface area contributed by atoms with Crippen molar-refractivity contribution in [3.8, 4) is 0 Å². The van der Waals surface area contributed by atoms with Crippen LogP contribution in [-0.2, 0) is 0 Å². The summed E-state index contributed by atoms with van der Waals surface area (Å²) in [6.45, 7) is 2.13. The van der Waals surface area contributed by atoms with Gasteiger partial charge in [0.15, 0.2) is 0 Å². The van der Waals surface area contributed by atoms with Gasteiger partial charge in [-0.25, -0.2) is 0 Å². The Morgan fingerprint density at radius 1 is 1.42 bits per heavy atom. The number of nitrogens with one attached hydrogen (secondary N) is 1. The molecule has 2 heteroatoms. The van der Waals surface area contributed by atoms with Crippen LogP contribution in [0.15, 0.2) is 30.0 Å². The lowest BCUT2D eigenvalue weighted by Crippen LogP contribution is -2.04. The van der Waals surface area contributed by atoms with Crippen LogP contribution < -0.4 is 5.32 Å². The van der Waals surface area contributed by atoms with Gasteiger partial charge in [0.05, 0.1) is 5.69 Å². The molecule has 1 fully saturated rings. The highest BCUT2D eigenvalue weighted by Crippen LogP contribution is 2.09. The Labute approximate surface area is 72.3 Å². The van der Waals surface area contributed by atoms with Gasteiger partial charge in [-0.3, -0.25) is 4.98 Å². The lowest BCUT2D eigenvalue weighted by Gasteiger charge is -1.94. The second kappa shape index (κ2) is 3.50. The molecule has 0 atom stereocenters. The van der Waals surface area contributed by atoms with Gasteiger partial charge < -0.3 is 5.32 Å². The molecule has 1 aliphatic heterocycles. The summed E-state index contributed by atoms with van der Waals surface area (Å²) in [6, 6.07) is 5.99. The van der Waals surface area contributed by atoms with E-state index >= 15 is 0 Å². The Hall–Kier alpha value is -1.15. The van der Waals surface area contributed by atoms with Crippen LogP contribution in [0.4, 0.5) is 0 Å². The zero-order valence-corrected chi connectivity index (χ0v) is 6.96. The Morgan fingerprint density at radius 3 is 3.08 bits per heavy atom. The minimum absolute atomic E-state index is 1.02. The second-order valence-electron chi connectivity index (χ2n) is 2.98. The van der Waals surface area contributed by atoms with E-state index < -0.39 is 0 Å². The summed E-state index contributed by atoms with van der Waals surface area (Å²) >= 11 is 0. The summed E-state index contributed by atoms with van der Waals surface area (Å²) in [5.41, 5.74) is 2.52. The molecule has 1 N–H and O–H groups in total. The Morgan fingerprint density at radius 2 is 2.42 bits per heavy atom. The molecule has 62 valence electrons. The predicted molar refractivity (Wildman–Crippen MR) is 49.7 cm³/mol. The summed E-state index contributed by atoms with van der Waals surface area (Å²) in [7, 11) is 0. The van der Waals surface area contributed by atoms with E-state index in [4.69, 9.17) is 0 Å². The smallest absolute Gasteiger partial charge is 0.0629 e. The van der Waals surface area contributed by atoms with E-state index in [1.807, 2.05) is 24.4 Å². The molecule has 1 aromatic heterocycles. The maximum Gasteiger partial charge on any atom is 0.0629 e. The van der Waals surface area contributed by atoms with Crippen molar-refractivity contribution >= 4 is 6.08 Å². The second-order valence-corrected chi connectivity index (χ2v) is 2.98. The molecule has 2 rings (SSSR count). The fraction of sp³-hybridized carbons (Fsp3) is 0.300. The third-order valence-electron chi connectivity index (χ3n) is 2.01. The molecule has 2 nitrogen and oxygen atoms in total. The van der Waals surface area contributed by atoms with Crippen molar-refractivity contribution in [1.29, 1.82) is 0 Å². The van der Waals surface area contributed by atoms with Crippen LogP contribution in [0, 0.1) is 0 Å². The lowest BCUT2D eigenvalue weighted by molar-refractivity contribution is 0.862. The van der Waals surface area contributed by atoms with E-state index in [0.29, 0.717) is 0 Å². The minimum Gasteiger partial charge on any atom is -0.313 e. The van der Waals surface area contributed by atoms with Gasteiger partial charge in [0, 0.05) is 12.7 Å². The monoisotopic (exact) mass is 160 g/mol. The van der Waals surface area contributed by atoms with Crippen molar-refractivity contribution in [1.82, 2.24) is 10.3 Å². The quantitative estimate of drug-likeness (QED) is 0.672. The molecular weight excluding hydrogens is 148 g/mol. The number of aromatic nitrogens is 1. The van der Waals surface area contributed by atoms with Gasteiger partial charge in [-0.1, -0.05) is 11.6 Å². The standard InChI is InChI=1S/C10H12N2/c1-2-5-12-10(3-1)7-9-4-6-11-8-9/h1-3,5,7,11H,4,6,8H2/b9-7-. The van der Waals surface area contributed by atoms with E-state index in [1.165, 1.54) is 5.57 Å². The molecule has 0 bridgehead atoms. The highest BCUT2D eigenvalue weighted by atomic mass is 14.9. The topological polar surface area (TPSA) is 24.9 Å². The van der Waals surface area contributed by atoms with Gasteiger partial charge in [0.25, 0.3) is 0 Å². The van der Waals surface area contributed by atoms with Crippen molar-refractivity contribution < 1.29 is 0 Å². The van der Waals surface area contributed by atoms with E-state index in [-0.39, 0.29) is 0 Å². The molecule has 0 saturated carbocycles. The Balaban J connectivity index is 2.16. The number of nitrogens with zero attached hydrogens (tertiary/aromatic N) is 1. The summed E-state index contributed by atoms with van der Waals surface area (Å²) in [4.78, 5) is 4.24. The summed E-state index contributed by atoms with van der Waals surface area (Å²) in [6.07, 6.45) is 5.16. The van der Waals surface area contributed by atoms with Gasteiger partial charge in [0.2, 0.25) is 0 Å². The van der Waals surface area contributed by atoms with Gasteiger partial charge >= 0.3 is 0 Å². The van der Waals surface area contributed by atoms with Gasteiger partial charge in [-0.15, -0.1) is 0 Å². The van der Waals surface area contributed by atoms with Crippen LogP contribution in [0.5, 0.6) is 0 Å². The van der Waals surface area contributed by atoms with Crippen LogP contribution in [0.2, 0.25) is 0 Å². The first-order valence-corrected chi connectivity index (χ1v) is 4.26. The minimum atomic E-state index is 1.02. The first kappa shape index (κ1) is 7.50. The molecule has 2 heterocycles. The van der Waals surface area contributed by atoms with Gasteiger partial charge in [-0.05, 0) is 31.2 Å². The van der Waals surface area contributed by atoms with Crippen molar-refractivity contribution in [2.75, 3.05) is 13.1 Å². The third kappa shape index (κ3) is 1.71. The molecule has 0 amide bonds. The molecule has 0 radical (unpaired) electrons. The van der Waals surface area contributed by atoms with Gasteiger partial charge in [-0.2, -0.15) is 0 Å². The fourth-order valence-electron chi connectivity index (χ4n) is 1.38. The van der Waals surface area contributed by atoms with E-state index in [2.05, 4.69) is 16.4 Å². The maximum absolute atomic E-state index is 4.24. The number of pyridine rings is 1. The molecule has 0 aromatic carbocycles. The number of hydrogen-bond acceptors (Lipinski definition) is 2. The molecule has 12 heavy (non-hydrogen) atoms. The third-order valence-corrected chi connectivity index (χ3v) is 2.01. The predicted octanol–water partition coefficient (Wildman–Crippen LogP) is 1.46. The average molecular weight is 160 g/mol. The molecule has 1 aliphatic rings. The highest BCUT2D eigenvalue weighted by Gasteiger charge is 2.04. The van der Waals surface area contributed by atoms with Crippen LogP contribution >= 0.6 is 0 Å². The molecule has 0 aliphatic carbocycles. The molecular formula is C10H12N2. The normalized spacial score (nSPS) is 20.2. The van der Waals surface area contributed by atoms with Crippen LogP contribution in [0.3, 0.4) is 0 Å². The summed E-state index contributed by atoms with van der Waals surface area (Å²) in [5, 5.41) is 3.30. The van der Waals surface area contributed by atoms with Gasteiger partial charge in [0.1, 0.15) is 0 Å². The average Bonchev–Trinajstić information content (AvgIpc) is 2.59. The summed E-state index contributed by atoms with van der Waals surface area (Å²) < 4.78 is 0. The largest absolute Gasteiger partial charge is 0.313 e. The van der Waals surface area contributed by atoms with Crippen molar-refractivity contribution in [2.45, 2.75) is 6.42 Å². The van der Waals surface area contributed by atoms with Crippen molar-refractivity contribution in [2.24, 2.45) is 0 Å². The molecule has 0 unspecified atom stereocenters. The zero-order valence-electron chi connectivity index (χ0n) is 6.96. The molecule has 0 spiro atoms. The van der Waals surface area contributed by atoms with Crippen LogP contribution in [-0.4, -0.2) is 18.1 Å². The number of rotatable bonds is 1. The Kier molecular flexibility index (Phi) is 2.19.